The minimum atomic E-state index is -0.563. The van der Waals surface area contributed by atoms with Gasteiger partial charge in [-0.3, -0.25) is 19.1 Å². The van der Waals surface area contributed by atoms with Gasteiger partial charge in [0.15, 0.2) is 5.82 Å². The molecule has 0 atom stereocenters. The Bertz CT molecular complexity index is 1560. The molecule has 5 rings (SSSR count). The van der Waals surface area contributed by atoms with E-state index in [-0.39, 0.29) is 11.4 Å². The van der Waals surface area contributed by atoms with Crippen molar-refractivity contribution in [3.8, 4) is 22.7 Å². The first kappa shape index (κ1) is 19.9. The number of hydrogen-bond donors (Lipinski definition) is 0. The lowest BCUT2D eigenvalue weighted by molar-refractivity contribution is 0.417. The highest BCUT2D eigenvalue weighted by molar-refractivity contribution is 6.05. The van der Waals surface area contributed by atoms with Crippen LogP contribution in [0.2, 0.25) is 0 Å². The molecule has 0 N–H and O–H groups in total. The van der Waals surface area contributed by atoms with Gasteiger partial charge in [-0.2, -0.15) is 15.0 Å². The van der Waals surface area contributed by atoms with Gasteiger partial charge >= 0.3 is 5.69 Å². The Hall–Kier alpha value is -4.08. The average molecular weight is 433 g/mol. The maximum atomic E-state index is 15.0. The minimum Gasteiger partial charge on any atom is -0.496 e. The van der Waals surface area contributed by atoms with E-state index < -0.39 is 5.82 Å². The normalized spacial score (nSPS) is 11.5. The summed E-state index contributed by atoms with van der Waals surface area (Å²) in [7, 11) is 4.94. The number of nitrogens with zero attached hydrogens (tertiary/aromatic N) is 7. The molecule has 32 heavy (non-hydrogen) atoms. The van der Waals surface area contributed by atoms with Gasteiger partial charge in [0.25, 0.3) is 0 Å². The molecule has 0 fully saturated rings. The van der Waals surface area contributed by atoms with Crippen LogP contribution in [0.25, 0.3) is 38.9 Å². The van der Waals surface area contributed by atoms with Gasteiger partial charge in [0.2, 0.25) is 0 Å². The molecule has 0 aliphatic rings. The first-order chi connectivity index (χ1) is 15.4. The minimum absolute atomic E-state index is 0.197. The zero-order valence-electron chi connectivity index (χ0n) is 18.0. The van der Waals surface area contributed by atoms with Crippen LogP contribution in [-0.4, -0.2) is 41.2 Å². The molecule has 162 valence electrons. The zero-order chi connectivity index (χ0) is 22.6. The summed E-state index contributed by atoms with van der Waals surface area (Å²) in [5.41, 5.74) is 3.49. The van der Waals surface area contributed by atoms with Gasteiger partial charge < -0.3 is 4.74 Å². The largest absolute Gasteiger partial charge is 0.496 e. The summed E-state index contributed by atoms with van der Waals surface area (Å²) in [6, 6.07) is 3.64. The van der Waals surface area contributed by atoms with Crippen LogP contribution in [0, 0.1) is 5.82 Å². The van der Waals surface area contributed by atoms with E-state index >= 15 is 4.39 Å². The SMILES string of the molecule is CCc1cncc(F)c1-n1c(=O)n(C)c2cnc3cc(OC)c(-c4cnn(C)n4)cc3c21. The zero-order valence-corrected chi connectivity index (χ0v) is 18.0. The molecule has 0 spiro atoms. The number of ether oxygens (including phenoxy) is 1. The third-order valence-corrected chi connectivity index (χ3v) is 5.63. The Morgan fingerprint density at radius 3 is 2.62 bits per heavy atom. The van der Waals surface area contributed by atoms with Gasteiger partial charge in [-0.05, 0) is 18.1 Å². The highest BCUT2D eigenvalue weighted by Gasteiger charge is 2.22. The van der Waals surface area contributed by atoms with Gasteiger partial charge in [-0.25, -0.2) is 9.18 Å². The van der Waals surface area contributed by atoms with E-state index in [9.17, 15) is 4.79 Å². The van der Waals surface area contributed by atoms with Crippen LogP contribution < -0.4 is 10.4 Å². The molecule has 5 aromatic rings. The molecule has 0 unspecified atom stereocenters. The number of rotatable bonds is 4. The maximum Gasteiger partial charge on any atom is 0.333 e. The highest BCUT2D eigenvalue weighted by atomic mass is 19.1. The molecule has 0 aliphatic heterocycles. The lowest BCUT2D eigenvalue weighted by atomic mass is 10.1. The third kappa shape index (κ3) is 2.79. The summed E-state index contributed by atoms with van der Waals surface area (Å²) in [5.74, 6) is 0.00518. The van der Waals surface area contributed by atoms with Gasteiger partial charge in [0.1, 0.15) is 11.4 Å². The predicted molar refractivity (Wildman–Crippen MR) is 117 cm³/mol. The van der Waals surface area contributed by atoms with Gasteiger partial charge in [-0.1, -0.05) is 6.92 Å². The van der Waals surface area contributed by atoms with Crippen LogP contribution in [0.4, 0.5) is 4.39 Å². The van der Waals surface area contributed by atoms with Crippen molar-refractivity contribution in [2.24, 2.45) is 14.1 Å². The summed E-state index contributed by atoms with van der Waals surface area (Å²) in [6.45, 7) is 1.90. The van der Waals surface area contributed by atoms with Crippen molar-refractivity contribution < 1.29 is 9.13 Å². The number of imidazole rings is 1. The van der Waals surface area contributed by atoms with Crippen molar-refractivity contribution in [2.45, 2.75) is 13.3 Å². The summed E-state index contributed by atoms with van der Waals surface area (Å²) in [6.07, 6.45) is 6.47. The Kier molecular flexibility index (Phi) is 4.50. The van der Waals surface area contributed by atoms with E-state index in [4.69, 9.17) is 4.74 Å². The second kappa shape index (κ2) is 7.26. The summed E-state index contributed by atoms with van der Waals surface area (Å²) < 4.78 is 23.5. The number of aromatic nitrogens is 7. The first-order valence-corrected chi connectivity index (χ1v) is 10.0. The number of pyridine rings is 2. The van der Waals surface area contributed by atoms with Gasteiger partial charge in [0, 0.05) is 37.3 Å². The number of hydrogen-bond acceptors (Lipinski definition) is 6. The maximum absolute atomic E-state index is 15.0. The molecule has 0 aliphatic carbocycles. The average Bonchev–Trinajstić information content (AvgIpc) is 3.34. The van der Waals surface area contributed by atoms with E-state index in [0.717, 1.165) is 6.20 Å². The van der Waals surface area contributed by atoms with E-state index in [1.807, 2.05) is 13.0 Å². The molecule has 0 bridgehead atoms. The van der Waals surface area contributed by atoms with Gasteiger partial charge in [0.05, 0.1) is 47.9 Å². The van der Waals surface area contributed by atoms with Crippen LogP contribution in [0.15, 0.2) is 41.7 Å². The number of halogens is 1. The topological polar surface area (TPSA) is 92.6 Å². The Balaban J connectivity index is 1.96. The molecule has 4 aromatic heterocycles. The van der Waals surface area contributed by atoms with Crippen LogP contribution >= 0.6 is 0 Å². The monoisotopic (exact) mass is 433 g/mol. The number of aryl methyl sites for hydroxylation is 3. The van der Waals surface area contributed by atoms with Crippen molar-refractivity contribution in [1.29, 1.82) is 0 Å². The Morgan fingerprint density at radius 1 is 1.12 bits per heavy atom. The summed E-state index contributed by atoms with van der Waals surface area (Å²) in [5, 5.41) is 9.20. The fourth-order valence-corrected chi connectivity index (χ4v) is 4.05. The lowest BCUT2D eigenvalue weighted by Crippen LogP contribution is -2.22. The van der Waals surface area contributed by atoms with E-state index in [0.29, 0.717) is 50.9 Å². The van der Waals surface area contributed by atoms with Crippen molar-refractivity contribution in [3.63, 3.8) is 0 Å². The lowest BCUT2D eigenvalue weighted by Gasteiger charge is -2.12. The Morgan fingerprint density at radius 2 is 1.94 bits per heavy atom. The molecule has 0 radical (unpaired) electrons. The third-order valence-electron chi connectivity index (χ3n) is 5.63. The second-order valence-corrected chi connectivity index (χ2v) is 7.44. The molecular weight excluding hydrogens is 413 g/mol. The number of fused-ring (bicyclic) bond motifs is 3. The second-order valence-electron chi connectivity index (χ2n) is 7.44. The van der Waals surface area contributed by atoms with Crippen molar-refractivity contribution in [2.75, 3.05) is 7.11 Å². The van der Waals surface area contributed by atoms with Crippen molar-refractivity contribution in [1.82, 2.24) is 34.1 Å². The number of methoxy groups -OCH3 is 1. The molecule has 0 saturated heterocycles. The molecule has 4 heterocycles. The molecule has 10 heteroatoms. The van der Waals surface area contributed by atoms with Crippen LogP contribution in [0.3, 0.4) is 0 Å². The van der Waals surface area contributed by atoms with Crippen LogP contribution in [-0.2, 0) is 20.5 Å². The number of benzene rings is 1. The summed E-state index contributed by atoms with van der Waals surface area (Å²) in [4.78, 5) is 23.2. The fraction of sp³-hybridized carbons (Fsp3) is 0.227. The van der Waals surface area contributed by atoms with Crippen molar-refractivity contribution >= 4 is 21.9 Å². The molecule has 0 saturated carbocycles. The molecule has 1 aromatic carbocycles. The highest BCUT2D eigenvalue weighted by Crippen LogP contribution is 2.36. The molecule has 9 nitrogen and oxygen atoms in total. The van der Waals surface area contributed by atoms with Crippen LogP contribution in [0.1, 0.15) is 12.5 Å². The smallest absolute Gasteiger partial charge is 0.333 e. The Labute approximate surface area is 181 Å². The molecule has 0 amide bonds. The van der Waals surface area contributed by atoms with E-state index in [2.05, 4.69) is 20.2 Å². The predicted octanol–water partition coefficient (Wildman–Crippen LogP) is 2.78. The van der Waals surface area contributed by atoms with Gasteiger partial charge in [-0.15, -0.1) is 0 Å². The van der Waals surface area contributed by atoms with E-state index in [1.165, 1.54) is 13.9 Å². The van der Waals surface area contributed by atoms with Crippen molar-refractivity contribution in [3.05, 3.63) is 58.8 Å². The quantitative estimate of drug-likeness (QED) is 0.433. The summed E-state index contributed by atoms with van der Waals surface area (Å²) >= 11 is 0. The van der Waals surface area contributed by atoms with Crippen LogP contribution in [0.5, 0.6) is 5.75 Å². The fourth-order valence-electron chi connectivity index (χ4n) is 4.05. The van der Waals surface area contributed by atoms with E-state index in [1.54, 1.807) is 45.9 Å². The first-order valence-electron chi connectivity index (χ1n) is 10.0. The molecular formula is C22H20FN7O2. The standard InChI is InChI=1S/C22H20FN7O2/c1-5-12-8-24-9-15(23)20(12)30-21-14-6-13(17-10-26-29(3)27-17)19(32-4)7-16(14)25-11-18(21)28(2)22(30)31/h6-11H,5H2,1-4H3.